The molecule has 0 saturated carbocycles. The van der Waals surface area contributed by atoms with Crippen LogP contribution in [0.1, 0.15) is 45.1 Å². The zero-order valence-corrected chi connectivity index (χ0v) is 9.29. The molecule has 14 heavy (non-hydrogen) atoms. The molecule has 0 aromatic carbocycles. The van der Waals surface area contributed by atoms with Gasteiger partial charge in [-0.05, 0) is 11.8 Å². The number of aromatic amines is 1. The Bertz CT molecular complexity index is 353. The molecule has 0 atom stereocenters. The second-order valence-electron chi connectivity index (χ2n) is 4.37. The lowest BCUT2D eigenvalue weighted by atomic mass is 10.1. The minimum atomic E-state index is -0.0423. The van der Waals surface area contributed by atoms with Crippen LogP contribution in [0.5, 0.6) is 0 Å². The van der Waals surface area contributed by atoms with Crippen molar-refractivity contribution < 1.29 is 0 Å². The summed E-state index contributed by atoms with van der Waals surface area (Å²) in [5.74, 6) is 1.62. The smallest absolute Gasteiger partial charge is 0.251 e. The van der Waals surface area contributed by atoms with Gasteiger partial charge in [0.2, 0.25) is 0 Å². The van der Waals surface area contributed by atoms with E-state index < -0.39 is 0 Å². The Hall–Kier alpha value is -1.12. The fourth-order valence-corrected chi connectivity index (χ4v) is 1.31. The molecule has 1 aromatic heterocycles. The molecule has 0 aliphatic carbocycles. The summed E-state index contributed by atoms with van der Waals surface area (Å²) in [6.45, 7) is 8.31. The van der Waals surface area contributed by atoms with Gasteiger partial charge in [-0.1, -0.05) is 27.7 Å². The number of H-pyrrole nitrogens is 1. The van der Waals surface area contributed by atoms with E-state index >= 15 is 0 Å². The Kier molecular flexibility index (Phi) is 3.44. The highest BCUT2D eigenvalue weighted by atomic mass is 16.1. The zero-order chi connectivity index (χ0) is 10.7. The third-order valence-electron chi connectivity index (χ3n) is 2.00. The van der Waals surface area contributed by atoms with Crippen molar-refractivity contribution in [3.63, 3.8) is 0 Å². The van der Waals surface area contributed by atoms with Crippen molar-refractivity contribution in [3.05, 3.63) is 27.9 Å². The number of nitrogens with one attached hydrogen (secondary N) is 1. The van der Waals surface area contributed by atoms with Gasteiger partial charge < -0.3 is 4.98 Å². The molecule has 0 saturated heterocycles. The van der Waals surface area contributed by atoms with Gasteiger partial charge in [0.05, 0.1) is 5.69 Å². The minimum Gasteiger partial charge on any atom is -0.311 e. The Labute approximate surface area is 84.6 Å². The molecule has 1 rings (SSSR count). The molecule has 1 heterocycles. The second-order valence-corrected chi connectivity index (χ2v) is 4.37. The molecular formula is C11H18N2O. The van der Waals surface area contributed by atoms with Crippen LogP contribution in [0.15, 0.2) is 10.9 Å². The monoisotopic (exact) mass is 194 g/mol. The van der Waals surface area contributed by atoms with Crippen LogP contribution in [0, 0.1) is 5.92 Å². The maximum Gasteiger partial charge on any atom is 0.251 e. The molecule has 1 aromatic rings. The highest BCUT2D eigenvalue weighted by Gasteiger charge is 2.06. The number of aromatic nitrogens is 2. The van der Waals surface area contributed by atoms with Gasteiger partial charge in [0.25, 0.3) is 5.56 Å². The van der Waals surface area contributed by atoms with Crippen molar-refractivity contribution in [1.82, 2.24) is 9.97 Å². The molecule has 3 nitrogen and oxygen atoms in total. The van der Waals surface area contributed by atoms with Crippen LogP contribution in [-0.2, 0) is 6.42 Å². The van der Waals surface area contributed by atoms with Gasteiger partial charge in [0.15, 0.2) is 0 Å². The summed E-state index contributed by atoms with van der Waals surface area (Å²) in [7, 11) is 0. The van der Waals surface area contributed by atoms with Crippen molar-refractivity contribution in [2.75, 3.05) is 0 Å². The van der Waals surface area contributed by atoms with Crippen LogP contribution < -0.4 is 5.56 Å². The standard InChI is InChI=1S/C11H18N2O/c1-7(2)5-10-12-9(8(3)4)6-11(14)13-10/h6-8H,5H2,1-4H3,(H,12,13,14). The van der Waals surface area contributed by atoms with Gasteiger partial charge in [-0.3, -0.25) is 4.79 Å². The van der Waals surface area contributed by atoms with Crippen LogP contribution in [0.25, 0.3) is 0 Å². The summed E-state index contributed by atoms with van der Waals surface area (Å²) in [5.41, 5.74) is 0.837. The first kappa shape index (κ1) is 11.0. The van der Waals surface area contributed by atoms with E-state index in [1.807, 2.05) is 13.8 Å². The first-order chi connectivity index (χ1) is 6.49. The SMILES string of the molecule is CC(C)Cc1nc(C(C)C)cc(=O)[nH]1. The summed E-state index contributed by atoms with van der Waals surface area (Å²) in [4.78, 5) is 18.5. The largest absolute Gasteiger partial charge is 0.311 e. The first-order valence-corrected chi connectivity index (χ1v) is 5.09. The molecule has 0 fully saturated rings. The van der Waals surface area contributed by atoms with Crippen molar-refractivity contribution >= 4 is 0 Å². The first-order valence-electron chi connectivity index (χ1n) is 5.09. The summed E-state index contributed by atoms with van der Waals surface area (Å²) in [6, 6.07) is 1.58. The van der Waals surface area contributed by atoms with E-state index in [1.54, 1.807) is 6.07 Å². The zero-order valence-electron chi connectivity index (χ0n) is 9.29. The van der Waals surface area contributed by atoms with Crippen LogP contribution in [0.4, 0.5) is 0 Å². The lowest BCUT2D eigenvalue weighted by molar-refractivity contribution is 0.612. The van der Waals surface area contributed by atoms with Crippen LogP contribution in [-0.4, -0.2) is 9.97 Å². The van der Waals surface area contributed by atoms with Crippen LogP contribution >= 0.6 is 0 Å². The van der Waals surface area contributed by atoms with Crippen molar-refractivity contribution in [2.45, 2.75) is 40.0 Å². The number of hydrogen-bond acceptors (Lipinski definition) is 2. The lowest BCUT2D eigenvalue weighted by Crippen LogP contribution is -2.14. The molecule has 0 spiro atoms. The maximum atomic E-state index is 11.3. The molecule has 0 radical (unpaired) electrons. The van der Waals surface area contributed by atoms with E-state index in [-0.39, 0.29) is 5.56 Å². The van der Waals surface area contributed by atoms with E-state index in [1.165, 1.54) is 0 Å². The Balaban J connectivity index is 3.01. The van der Waals surface area contributed by atoms with Crippen LogP contribution in [0.2, 0.25) is 0 Å². The van der Waals surface area contributed by atoms with Crippen molar-refractivity contribution in [3.8, 4) is 0 Å². The normalized spacial score (nSPS) is 11.3. The van der Waals surface area contributed by atoms with Gasteiger partial charge in [-0.15, -0.1) is 0 Å². The molecule has 0 amide bonds. The van der Waals surface area contributed by atoms with E-state index in [9.17, 15) is 4.79 Å². The molecule has 1 N–H and O–H groups in total. The Morgan fingerprint density at radius 1 is 1.36 bits per heavy atom. The molecule has 3 heteroatoms. The summed E-state index contributed by atoms with van der Waals surface area (Å²) in [6.07, 6.45) is 0.829. The maximum absolute atomic E-state index is 11.3. The summed E-state index contributed by atoms with van der Waals surface area (Å²) >= 11 is 0. The lowest BCUT2D eigenvalue weighted by Gasteiger charge is -2.08. The highest BCUT2D eigenvalue weighted by molar-refractivity contribution is 5.07. The summed E-state index contributed by atoms with van der Waals surface area (Å²) < 4.78 is 0. The second kappa shape index (κ2) is 4.40. The Morgan fingerprint density at radius 3 is 2.50 bits per heavy atom. The van der Waals surface area contributed by atoms with Gasteiger partial charge in [-0.25, -0.2) is 4.98 Å². The third-order valence-corrected chi connectivity index (χ3v) is 2.00. The average molecular weight is 194 g/mol. The topological polar surface area (TPSA) is 45.8 Å². The quantitative estimate of drug-likeness (QED) is 0.800. The van der Waals surface area contributed by atoms with E-state index in [0.717, 1.165) is 17.9 Å². The van der Waals surface area contributed by atoms with Gasteiger partial charge >= 0.3 is 0 Å². The molecular weight excluding hydrogens is 176 g/mol. The number of hydrogen-bond donors (Lipinski definition) is 1. The van der Waals surface area contributed by atoms with Gasteiger partial charge in [0, 0.05) is 12.5 Å². The minimum absolute atomic E-state index is 0.0423. The predicted molar refractivity (Wildman–Crippen MR) is 57.5 cm³/mol. The van der Waals surface area contributed by atoms with Crippen LogP contribution in [0.3, 0.4) is 0 Å². The molecule has 0 bridgehead atoms. The highest BCUT2D eigenvalue weighted by Crippen LogP contribution is 2.09. The fourth-order valence-electron chi connectivity index (χ4n) is 1.31. The molecule has 0 unspecified atom stereocenters. The number of rotatable bonds is 3. The van der Waals surface area contributed by atoms with Gasteiger partial charge in [-0.2, -0.15) is 0 Å². The predicted octanol–water partition coefficient (Wildman–Crippen LogP) is 2.09. The van der Waals surface area contributed by atoms with Crippen molar-refractivity contribution in [1.29, 1.82) is 0 Å². The molecule has 0 aliphatic heterocycles. The molecule has 0 aliphatic rings. The van der Waals surface area contributed by atoms with E-state index in [2.05, 4.69) is 23.8 Å². The van der Waals surface area contributed by atoms with Gasteiger partial charge in [0.1, 0.15) is 5.82 Å². The number of nitrogens with zero attached hydrogens (tertiary/aromatic N) is 1. The average Bonchev–Trinajstić information content (AvgIpc) is 2.01. The van der Waals surface area contributed by atoms with E-state index in [0.29, 0.717) is 11.8 Å². The third kappa shape index (κ3) is 2.98. The van der Waals surface area contributed by atoms with Crippen molar-refractivity contribution in [2.24, 2.45) is 5.92 Å². The fraction of sp³-hybridized carbons (Fsp3) is 0.636. The Morgan fingerprint density at radius 2 is 2.00 bits per heavy atom. The molecule has 78 valence electrons. The van der Waals surface area contributed by atoms with E-state index in [4.69, 9.17) is 0 Å². The summed E-state index contributed by atoms with van der Waals surface area (Å²) in [5, 5.41) is 0.